The van der Waals surface area contributed by atoms with Gasteiger partial charge in [0.15, 0.2) is 11.5 Å². The molecular formula is C17H20N6O2. The standard InChI is InChI=1S/C17H20N6O2/c1-10-8-11(2)23-17(19-10)14-12(9-13(24)20-15(14)21-23)16-18-4-5-22(16)6-7-25-3/h4-5,8,12H,6-7,9H2,1-3H3,(H,20,21,24)/t12-/m0/s1. The van der Waals surface area contributed by atoms with Crippen molar-refractivity contribution in [1.29, 1.82) is 0 Å². The number of hydrogen-bond acceptors (Lipinski definition) is 5. The minimum atomic E-state index is -0.179. The quantitative estimate of drug-likeness (QED) is 0.781. The second-order valence-corrected chi connectivity index (χ2v) is 6.31. The second-order valence-electron chi connectivity index (χ2n) is 6.31. The van der Waals surface area contributed by atoms with E-state index in [0.717, 1.165) is 28.4 Å². The Balaban J connectivity index is 1.89. The number of anilines is 1. The number of hydrogen-bond donors (Lipinski definition) is 1. The van der Waals surface area contributed by atoms with Gasteiger partial charge in [0.25, 0.3) is 0 Å². The highest BCUT2D eigenvalue weighted by Crippen LogP contribution is 2.38. The molecule has 0 aromatic carbocycles. The molecule has 0 fully saturated rings. The molecule has 3 aromatic rings. The van der Waals surface area contributed by atoms with Gasteiger partial charge in [-0.25, -0.2) is 14.5 Å². The van der Waals surface area contributed by atoms with E-state index in [4.69, 9.17) is 4.74 Å². The Hall–Kier alpha value is -2.74. The van der Waals surface area contributed by atoms with Crippen molar-refractivity contribution in [3.05, 3.63) is 41.2 Å². The summed E-state index contributed by atoms with van der Waals surface area (Å²) in [5, 5.41) is 7.43. The van der Waals surface area contributed by atoms with Gasteiger partial charge in [0, 0.05) is 43.9 Å². The van der Waals surface area contributed by atoms with E-state index in [1.807, 2.05) is 30.7 Å². The summed E-state index contributed by atoms with van der Waals surface area (Å²) in [5.41, 5.74) is 3.61. The van der Waals surface area contributed by atoms with Gasteiger partial charge in [0.1, 0.15) is 5.82 Å². The molecule has 25 heavy (non-hydrogen) atoms. The number of imidazole rings is 1. The normalized spacial score (nSPS) is 16.9. The zero-order chi connectivity index (χ0) is 17.6. The van der Waals surface area contributed by atoms with Crippen LogP contribution in [0.4, 0.5) is 5.82 Å². The molecule has 0 spiro atoms. The van der Waals surface area contributed by atoms with Crippen LogP contribution in [0.2, 0.25) is 0 Å². The lowest BCUT2D eigenvalue weighted by Crippen LogP contribution is -2.25. The Morgan fingerprint density at radius 1 is 1.40 bits per heavy atom. The summed E-state index contributed by atoms with van der Waals surface area (Å²) in [6.45, 7) is 5.21. The third kappa shape index (κ3) is 2.58. The molecule has 3 aromatic heterocycles. The molecule has 1 aliphatic rings. The van der Waals surface area contributed by atoms with Crippen molar-refractivity contribution in [2.24, 2.45) is 0 Å². The van der Waals surface area contributed by atoms with Crippen molar-refractivity contribution < 1.29 is 9.53 Å². The van der Waals surface area contributed by atoms with Crippen LogP contribution in [0.5, 0.6) is 0 Å². The van der Waals surface area contributed by atoms with E-state index in [0.29, 0.717) is 25.4 Å². The summed E-state index contributed by atoms with van der Waals surface area (Å²) in [6, 6.07) is 1.97. The van der Waals surface area contributed by atoms with Crippen LogP contribution in [-0.4, -0.2) is 43.8 Å². The number of fused-ring (bicyclic) bond motifs is 3. The molecule has 0 radical (unpaired) electrons. The summed E-state index contributed by atoms with van der Waals surface area (Å²) in [7, 11) is 1.67. The molecule has 4 heterocycles. The van der Waals surface area contributed by atoms with Gasteiger partial charge >= 0.3 is 0 Å². The third-order valence-electron chi connectivity index (χ3n) is 4.52. The van der Waals surface area contributed by atoms with Crippen LogP contribution in [0, 0.1) is 13.8 Å². The first-order valence-electron chi connectivity index (χ1n) is 8.25. The van der Waals surface area contributed by atoms with Crippen molar-refractivity contribution in [1.82, 2.24) is 24.1 Å². The van der Waals surface area contributed by atoms with Crippen LogP contribution in [0.1, 0.15) is 35.1 Å². The first-order chi connectivity index (χ1) is 12.1. The first-order valence-corrected chi connectivity index (χ1v) is 8.25. The Morgan fingerprint density at radius 3 is 3.04 bits per heavy atom. The van der Waals surface area contributed by atoms with Crippen molar-refractivity contribution in [2.75, 3.05) is 19.0 Å². The number of carbonyl (C=O) groups is 1. The van der Waals surface area contributed by atoms with Gasteiger partial charge in [-0.05, 0) is 19.9 Å². The molecule has 1 atom stereocenters. The number of carbonyl (C=O) groups excluding carboxylic acids is 1. The highest BCUT2D eigenvalue weighted by Gasteiger charge is 2.34. The summed E-state index contributed by atoms with van der Waals surface area (Å²) < 4.78 is 9.00. The summed E-state index contributed by atoms with van der Waals surface area (Å²) in [5.74, 6) is 1.17. The van der Waals surface area contributed by atoms with E-state index in [1.54, 1.807) is 17.8 Å². The SMILES string of the molecule is COCCn1ccnc1[C@H]1CC(=O)Nc2nn3c(C)cc(C)nc3c21. The highest BCUT2D eigenvalue weighted by atomic mass is 16.5. The zero-order valence-electron chi connectivity index (χ0n) is 14.5. The molecule has 0 aliphatic carbocycles. The fourth-order valence-electron chi connectivity index (χ4n) is 3.45. The molecule has 8 heteroatoms. The van der Waals surface area contributed by atoms with Gasteiger partial charge in [-0.15, -0.1) is 5.10 Å². The van der Waals surface area contributed by atoms with Crippen LogP contribution in [-0.2, 0) is 16.1 Å². The molecule has 130 valence electrons. The summed E-state index contributed by atoms with van der Waals surface area (Å²) >= 11 is 0. The number of rotatable bonds is 4. The van der Waals surface area contributed by atoms with E-state index in [2.05, 4.69) is 20.4 Å². The maximum absolute atomic E-state index is 12.2. The Labute approximate surface area is 144 Å². The number of amides is 1. The molecule has 1 aliphatic heterocycles. The Kier molecular flexibility index (Phi) is 3.76. The average Bonchev–Trinajstić information content (AvgIpc) is 3.16. The monoisotopic (exact) mass is 340 g/mol. The van der Waals surface area contributed by atoms with E-state index in [1.165, 1.54) is 0 Å². The fraction of sp³-hybridized carbons (Fsp3) is 0.412. The fourth-order valence-corrected chi connectivity index (χ4v) is 3.45. The van der Waals surface area contributed by atoms with Crippen molar-refractivity contribution >= 4 is 17.4 Å². The molecule has 1 N–H and O–H groups in total. The number of nitrogens with one attached hydrogen (secondary N) is 1. The Morgan fingerprint density at radius 2 is 2.24 bits per heavy atom. The van der Waals surface area contributed by atoms with Crippen LogP contribution in [0.15, 0.2) is 18.5 Å². The zero-order valence-corrected chi connectivity index (χ0v) is 14.5. The van der Waals surface area contributed by atoms with Gasteiger partial charge in [0.2, 0.25) is 5.91 Å². The minimum absolute atomic E-state index is 0.0587. The van der Waals surface area contributed by atoms with Gasteiger partial charge in [-0.2, -0.15) is 0 Å². The van der Waals surface area contributed by atoms with Crippen molar-refractivity contribution in [3.8, 4) is 0 Å². The molecule has 0 bridgehead atoms. The van der Waals surface area contributed by atoms with Crippen LogP contribution < -0.4 is 5.32 Å². The number of nitrogens with zero attached hydrogens (tertiary/aromatic N) is 5. The van der Waals surface area contributed by atoms with Crippen LogP contribution in [0.3, 0.4) is 0 Å². The van der Waals surface area contributed by atoms with Crippen LogP contribution >= 0.6 is 0 Å². The number of aromatic nitrogens is 5. The molecule has 4 rings (SSSR count). The van der Waals surface area contributed by atoms with Gasteiger partial charge in [-0.1, -0.05) is 0 Å². The van der Waals surface area contributed by atoms with E-state index < -0.39 is 0 Å². The maximum atomic E-state index is 12.2. The lowest BCUT2D eigenvalue weighted by molar-refractivity contribution is -0.116. The number of ether oxygens (including phenoxy) is 1. The number of aryl methyl sites for hydroxylation is 2. The molecular weight excluding hydrogens is 320 g/mol. The topological polar surface area (TPSA) is 86.3 Å². The first kappa shape index (κ1) is 15.8. The molecule has 1 amide bonds. The van der Waals surface area contributed by atoms with E-state index >= 15 is 0 Å². The van der Waals surface area contributed by atoms with Crippen molar-refractivity contribution in [3.63, 3.8) is 0 Å². The average molecular weight is 340 g/mol. The predicted molar refractivity (Wildman–Crippen MR) is 91.7 cm³/mol. The van der Waals surface area contributed by atoms with E-state index in [-0.39, 0.29) is 11.8 Å². The van der Waals surface area contributed by atoms with E-state index in [9.17, 15) is 4.79 Å². The van der Waals surface area contributed by atoms with Gasteiger partial charge in [0.05, 0.1) is 18.1 Å². The molecule has 0 saturated carbocycles. The molecule has 8 nitrogen and oxygen atoms in total. The summed E-state index contributed by atoms with van der Waals surface area (Å²) in [4.78, 5) is 21.4. The van der Waals surface area contributed by atoms with Gasteiger partial charge < -0.3 is 14.6 Å². The summed E-state index contributed by atoms with van der Waals surface area (Å²) in [6.07, 6.45) is 4.00. The smallest absolute Gasteiger partial charge is 0.226 e. The predicted octanol–water partition coefficient (Wildman–Crippen LogP) is 1.66. The van der Waals surface area contributed by atoms with Crippen LogP contribution in [0.25, 0.3) is 5.65 Å². The number of methoxy groups -OCH3 is 1. The largest absolute Gasteiger partial charge is 0.383 e. The Bertz CT molecular complexity index is 958. The molecule has 0 saturated heterocycles. The molecule has 0 unspecified atom stereocenters. The lowest BCUT2D eigenvalue weighted by Gasteiger charge is -2.22. The minimum Gasteiger partial charge on any atom is -0.383 e. The second kappa shape index (κ2) is 5.96. The lowest BCUT2D eigenvalue weighted by atomic mass is 9.92. The highest BCUT2D eigenvalue weighted by molar-refractivity contribution is 5.95. The van der Waals surface area contributed by atoms with Gasteiger partial charge in [-0.3, -0.25) is 4.79 Å². The van der Waals surface area contributed by atoms with Crippen molar-refractivity contribution in [2.45, 2.75) is 32.7 Å². The maximum Gasteiger partial charge on any atom is 0.226 e. The third-order valence-corrected chi connectivity index (χ3v) is 4.52.